The van der Waals surface area contributed by atoms with E-state index in [-0.39, 0.29) is 43.3 Å². The van der Waals surface area contributed by atoms with E-state index < -0.39 is 0 Å². The van der Waals surface area contributed by atoms with Gasteiger partial charge < -0.3 is 26.2 Å². The Morgan fingerprint density at radius 2 is 1.17 bits per heavy atom. The zero-order valence-corrected chi connectivity index (χ0v) is 34.7. The molecule has 3 atom stereocenters. The summed E-state index contributed by atoms with van der Waals surface area (Å²) in [4.78, 5) is 35.7. The van der Waals surface area contributed by atoms with Crippen LogP contribution >= 0.6 is 0 Å². The molecule has 2 aliphatic heterocycles. The summed E-state index contributed by atoms with van der Waals surface area (Å²) in [7, 11) is 0. The Balaban J connectivity index is 0.913. The van der Waals surface area contributed by atoms with E-state index in [9.17, 15) is 9.59 Å². The number of rotatable bonds is 18. The van der Waals surface area contributed by atoms with E-state index in [1.165, 1.54) is 88.2 Å². The summed E-state index contributed by atoms with van der Waals surface area (Å²) in [6.45, 7) is 3.47. The molecule has 2 amide bonds. The van der Waals surface area contributed by atoms with E-state index in [2.05, 4.69) is 79.9 Å². The molecule has 0 radical (unpaired) electrons. The molecule has 2 aliphatic carbocycles. The zero-order chi connectivity index (χ0) is 40.1. The Morgan fingerprint density at radius 1 is 0.638 bits per heavy atom. The minimum atomic E-state index is -0.319. The normalized spacial score (nSPS) is 22.4. The summed E-state index contributed by atoms with van der Waals surface area (Å²) in [5, 5.41) is 15.2. The highest BCUT2D eigenvalue weighted by molar-refractivity contribution is 5.97. The molecule has 10 heteroatoms. The van der Waals surface area contributed by atoms with Gasteiger partial charge in [0.15, 0.2) is 5.96 Å². The van der Waals surface area contributed by atoms with Crippen molar-refractivity contribution < 1.29 is 9.59 Å². The van der Waals surface area contributed by atoms with Crippen molar-refractivity contribution in [1.29, 1.82) is 5.41 Å². The Bertz CT molecular complexity index is 1740. The van der Waals surface area contributed by atoms with Gasteiger partial charge in [-0.3, -0.25) is 24.8 Å². The number of benzene rings is 3. The maximum absolute atomic E-state index is 13.5. The lowest BCUT2D eigenvalue weighted by Gasteiger charge is -2.30. The fraction of sp³-hybridized carbons (Fsp3) is 0.562. The molecular formula is C48H68N8O2. The lowest BCUT2D eigenvalue weighted by molar-refractivity contribution is -0.118. The third kappa shape index (κ3) is 11.9. The number of guanidine groups is 1. The third-order valence-corrected chi connectivity index (χ3v) is 13.3. The van der Waals surface area contributed by atoms with E-state index in [4.69, 9.17) is 11.1 Å². The van der Waals surface area contributed by atoms with Crippen molar-refractivity contribution in [3.05, 3.63) is 96.1 Å². The van der Waals surface area contributed by atoms with Gasteiger partial charge in [-0.2, -0.15) is 0 Å². The summed E-state index contributed by atoms with van der Waals surface area (Å²) in [5.74, 6) is 1.79. The van der Waals surface area contributed by atoms with Gasteiger partial charge in [-0.05, 0) is 79.7 Å². The third-order valence-electron chi connectivity index (χ3n) is 13.3. The molecule has 2 heterocycles. The quantitative estimate of drug-likeness (QED) is 0.103. The first-order valence-corrected chi connectivity index (χ1v) is 22.5. The minimum absolute atomic E-state index is 0.105. The molecule has 0 spiro atoms. The van der Waals surface area contributed by atoms with Crippen LogP contribution in [-0.4, -0.2) is 95.0 Å². The first kappa shape index (κ1) is 41.9. The molecule has 7 rings (SSSR count). The number of carbonyl (C=O) groups excluding carboxylic acids is 2. The molecule has 58 heavy (non-hydrogen) atoms. The van der Waals surface area contributed by atoms with Gasteiger partial charge in [0.1, 0.15) is 12.8 Å². The fourth-order valence-electron chi connectivity index (χ4n) is 10.2. The molecule has 1 unspecified atom stereocenters. The van der Waals surface area contributed by atoms with Gasteiger partial charge in [-0.15, -0.1) is 0 Å². The van der Waals surface area contributed by atoms with Gasteiger partial charge in [-0.1, -0.05) is 131 Å². The van der Waals surface area contributed by atoms with Crippen LogP contribution in [0.4, 0.5) is 11.4 Å². The lowest BCUT2D eigenvalue weighted by Crippen LogP contribution is -2.49. The predicted molar refractivity (Wildman–Crippen MR) is 235 cm³/mol. The Kier molecular flexibility index (Phi) is 15.3. The van der Waals surface area contributed by atoms with Crippen LogP contribution < -0.4 is 16.4 Å². The molecule has 5 N–H and O–H groups in total. The van der Waals surface area contributed by atoms with Crippen molar-refractivity contribution in [3.63, 3.8) is 0 Å². The summed E-state index contributed by atoms with van der Waals surface area (Å²) in [6, 6.07) is 28.8. The van der Waals surface area contributed by atoms with E-state index in [0.29, 0.717) is 23.9 Å². The van der Waals surface area contributed by atoms with E-state index >= 15 is 0 Å². The molecule has 2 saturated carbocycles. The van der Waals surface area contributed by atoms with Crippen molar-refractivity contribution in [1.82, 2.24) is 19.6 Å². The van der Waals surface area contributed by atoms with Gasteiger partial charge in [-0.25, -0.2) is 0 Å². The molecule has 4 aliphatic rings. The zero-order valence-electron chi connectivity index (χ0n) is 34.7. The summed E-state index contributed by atoms with van der Waals surface area (Å²) < 4.78 is 0. The number of anilines is 2. The van der Waals surface area contributed by atoms with Crippen LogP contribution in [0.1, 0.15) is 101 Å². The highest BCUT2D eigenvalue weighted by Crippen LogP contribution is 2.30. The Morgan fingerprint density at radius 3 is 1.76 bits per heavy atom. The van der Waals surface area contributed by atoms with Gasteiger partial charge in [0.2, 0.25) is 11.8 Å². The van der Waals surface area contributed by atoms with Crippen molar-refractivity contribution in [3.8, 4) is 0 Å². The van der Waals surface area contributed by atoms with Gasteiger partial charge >= 0.3 is 0 Å². The van der Waals surface area contributed by atoms with Gasteiger partial charge in [0.25, 0.3) is 0 Å². The minimum Gasteiger partial charge on any atom is -0.338 e. The molecule has 3 aromatic carbocycles. The largest absolute Gasteiger partial charge is 0.338 e. The lowest BCUT2D eigenvalue weighted by atomic mass is 9.86. The van der Waals surface area contributed by atoms with Crippen LogP contribution in [0, 0.1) is 17.2 Å². The Labute approximate surface area is 347 Å². The van der Waals surface area contributed by atoms with Crippen molar-refractivity contribution in [2.75, 3.05) is 49.9 Å². The second kappa shape index (κ2) is 21.1. The number of carbonyl (C=O) groups is 2. The molecule has 4 fully saturated rings. The smallest absolute Gasteiger partial charge is 0.244 e. The summed E-state index contributed by atoms with van der Waals surface area (Å²) >= 11 is 0. The van der Waals surface area contributed by atoms with Crippen LogP contribution in [0.15, 0.2) is 84.9 Å². The predicted octanol–water partition coefficient (Wildman–Crippen LogP) is 7.92. The van der Waals surface area contributed by atoms with Crippen molar-refractivity contribution >= 4 is 29.1 Å². The second-order valence-corrected chi connectivity index (χ2v) is 17.6. The number of hydrogen-bond acceptors (Lipinski definition) is 6. The topological polar surface area (TPSA) is 121 Å². The monoisotopic (exact) mass is 789 g/mol. The van der Waals surface area contributed by atoms with Crippen LogP contribution in [-0.2, 0) is 22.4 Å². The Hall–Kier alpha value is -4.25. The van der Waals surface area contributed by atoms with E-state index in [1.807, 2.05) is 29.2 Å². The second-order valence-electron chi connectivity index (χ2n) is 17.6. The molecule has 2 saturated heterocycles. The maximum atomic E-state index is 13.5. The van der Waals surface area contributed by atoms with Crippen LogP contribution in [0.2, 0.25) is 0 Å². The molecule has 0 bridgehead atoms. The summed E-state index contributed by atoms with van der Waals surface area (Å²) in [5.41, 5.74) is 10.7. The average molecular weight is 789 g/mol. The fourth-order valence-corrected chi connectivity index (χ4v) is 10.2. The van der Waals surface area contributed by atoms with Gasteiger partial charge in [0.05, 0.1) is 12.6 Å². The van der Waals surface area contributed by atoms with Gasteiger partial charge in [0, 0.05) is 43.6 Å². The van der Waals surface area contributed by atoms with Crippen molar-refractivity contribution in [2.45, 2.75) is 121 Å². The molecule has 312 valence electrons. The molecular weight excluding hydrogens is 721 g/mol. The molecule has 0 aromatic heterocycles. The van der Waals surface area contributed by atoms with E-state index in [1.54, 1.807) is 6.07 Å². The van der Waals surface area contributed by atoms with Crippen molar-refractivity contribution in [2.24, 2.45) is 17.6 Å². The molecule has 3 aromatic rings. The highest BCUT2D eigenvalue weighted by Gasteiger charge is 2.38. The van der Waals surface area contributed by atoms with Crippen LogP contribution in [0.5, 0.6) is 0 Å². The first-order chi connectivity index (χ1) is 28.4. The van der Waals surface area contributed by atoms with Crippen LogP contribution in [0.25, 0.3) is 0 Å². The standard InChI is InChI=1S/C48H68N8O2/c49-47-53(33-43(30-39-20-9-3-10-21-39)55(47)28-14-24-37-16-5-1-6-17-37)35-45(57)51-41-26-13-27-42(32-41)52-46(58)36-54-34-44(31-40-22-11-4-12-23-40)56(48(54)50)29-15-25-38-18-7-2-8-19-38/h3-4,9-13,20-23,26-27,32,37-38,43-44,47,50H,1-2,5-8,14-19,24-25,28-31,33-36,49H2,(H,51,57)(H,52,58)/t43-,44-,47?/m0/s1. The number of nitrogens with zero attached hydrogens (tertiary/aromatic N) is 4. The molecule has 10 nitrogen and oxygen atoms in total. The van der Waals surface area contributed by atoms with E-state index in [0.717, 1.165) is 57.2 Å². The average Bonchev–Trinajstić information content (AvgIpc) is 3.68. The SMILES string of the molecule is N=C1N(CC(=O)Nc2cccc(NC(=O)CN3C[C@H](Cc4ccccc4)N(CCCC4CCCCC4)C3N)c2)C[C@H](Cc2ccccc2)N1CCCC1CCCCC1. The number of nitrogens with two attached hydrogens (primary N) is 1. The highest BCUT2D eigenvalue weighted by atomic mass is 16.2. The summed E-state index contributed by atoms with van der Waals surface area (Å²) in [6.07, 6.45) is 19.7. The number of amides is 2. The van der Waals surface area contributed by atoms with Crippen LogP contribution in [0.3, 0.4) is 0 Å². The maximum Gasteiger partial charge on any atom is 0.244 e. The number of hydrogen-bond donors (Lipinski definition) is 4. The first-order valence-electron chi connectivity index (χ1n) is 22.5. The number of nitrogens with one attached hydrogen (secondary N) is 3.